The zero-order valence-corrected chi connectivity index (χ0v) is 22.5. The molecule has 9 heteroatoms. The van der Waals surface area contributed by atoms with E-state index in [1.807, 2.05) is 6.92 Å². The van der Waals surface area contributed by atoms with Crippen molar-refractivity contribution in [3.63, 3.8) is 0 Å². The number of benzene rings is 1. The molecule has 2 aliphatic heterocycles. The van der Waals surface area contributed by atoms with Gasteiger partial charge < -0.3 is 24.0 Å². The van der Waals surface area contributed by atoms with E-state index < -0.39 is 0 Å². The Labute approximate surface area is 224 Å². The number of methoxy groups -OCH3 is 1. The lowest BCUT2D eigenvalue weighted by Gasteiger charge is -2.32. The lowest BCUT2D eigenvalue weighted by atomic mass is 9.90. The van der Waals surface area contributed by atoms with E-state index in [4.69, 9.17) is 14.2 Å². The highest BCUT2D eigenvalue weighted by atomic mass is 19.1. The molecule has 3 aliphatic rings. The van der Waals surface area contributed by atoms with E-state index >= 15 is 0 Å². The van der Waals surface area contributed by atoms with Gasteiger partial charge in [0.25, 0.3) is 0 Å². The van der Waals surface area contributed by atoms with Crippen molar-refractivity contribution in [2.24, 2.45) is 17.8 Å². The first kappa shape index (κ1) is 26.7. The minimum atomic E-state index is -0.382. The van der Waals surface area contributed by atoms with Crippen LogP contribution in [0.1, 0.15) is 44.6 Å². The summed E-state index contributed by atoms with van der Waals surface area (Å²) >= 11 is 0. The van der Waals surface area contributed by atoms with Crippen LogP contribution in [0.15, 0.2) is 30.6 Å². The maximum atomic E-state index is 14.7. The molecule has 8 nitrogen and oxygen atoms in total. The van der Waals surface area contributed by atoms with E-state index in [1.54, 1.807) is 36.5 Å². The zero-order chi connectivity index (χ0) is 26.5. The molecule has 3 atom stereocenters. The summed E-state index contributed by atoms with van der Waals surface area (Å²) in [6.45, 7) is 6.31. The maximum Gasteiger partial charge on any atom is 0.227 e. The van der Waals surface area contributed by atoms with Crippen LogP contribution in [0.2, 0.25) is 0 Å². The Morgan fingerprint density at radius 1 is 1.11 bits per heavy atom. The lowest BCUT2D eigenvalue weighted by Crippen LogP contribution is -2.35. The summed E-state index contributed by atoms with van der Waals surface area (Å²) in [5.74, 6) is 3.72. The summed E-state index contributed by atoms with van der Waals surface area (Å²) in [5.41, 5.74) is 0.411. The third-order valence-corrected chi connectivity index (χ3v) is 8.30. The van der Waals surface area contributed by atoms with Gasteiger partial charge in [0.15, 0.2) is 5.75 Å². The number of halogens is 1. The van der Waals surface area contributed by atoms with Gasteiger partial charge in [-0.3, -0.25) is 4.79 Å². The van der Waals surface area contributed by atoms with Crippen LogP contribution in [0, 0.1) is 23.6 Å². The largest absolute Gasteiger partial charge is 0.494 e. The SMILES string of the molecule is COc1cnc(N2CCC(C3CC3CCOc3ccc(CC(=O)N4CCOC(C)CC4)c(F)c3)CC2)nc1. The van der Waals surface area contributed by atoms with Crippen molar-refractivity contribution in [3.8, 4) is 11.5 Å². The van der Waals surface area contributed by atoms with Crippen LogP contribution >= 0.6 is 0 Å². The van der Waals surface area contributed by atoms with Crippen LogP contribution in [0.5, 0.6) is 11.5 Å². The molecular weight excluding hydrogens is 487 g/mol. The van der Waals surface area contributed by atoms with Gasteiger partial charge in [0.05, 0.1) is 45.2 Å². The third-order valence-electron chi connectivity index (χ3n) is 8.30. The molecule has 38 heavy (non-hydrogen) atoms. The van der Waals surface area contributed by atoms with E-state index in [0.717, 1.165) is 56.6 Å². The number of carbonyl (C=O) groups excluding carboxylic acids is 1. The van der Waals surface area contributed by atoms with Crippen molar-refractivity contribution >= 4 is 11.9 Å². The van der Waals surface area contributed by atoms with Crippen LogP contribution in [0.4, 0.5) is 10.3 Å². The fraction of sp³-hybridized carbons (Fsp3) is 0.621. The first-order valence-electron chi connectivity index (χ1n) is 13.9. The highest BCUT2D eigenvalue weighted by Gasteiger charge is 2.43. The van der Waals surface area contributed by atoms with Crippen molar-refractivity contribution in [3.05, 3.63) is 42.0 Å². The fourth-order valence-electron chi connectivity index (χ4n) is 5.80. The van der Waals surface area contributed by atoms with Gasteiger partial charge in [-0.25, -0.2) is 14.4 Å². The number of aromatic nitrogens is 2. The molecular formula is C29H39FN4O4. The first-order chi connectivity index (χ1) is 18.5. The number of piperidine rings is 1. The van der Waals surface area contributed by atoms with Crippen LogP contribution < -0.4 is 14.4 Å². The molecule has 1 aromatic carbocycles. The number of hydrogen-bond acceptors (Lipinski definition) is 7. The summed E-state index contributed by atoms with van der Waals surface area (Å²) in [6, 6.07) is 4.87. The Morgan fingerprint density at radius 3 is 2.63 bits per heavy atom. The molecule has 2 aromatic rings. The van der Waals surface area contributed by atoms with Crippen LogP contribution in [0.3, 0.4) is 0 Å². The number of hydrogen-bond donors (Lipinski definition) is 0. The second-order valence-corrected chi connectivity index (χ2v) is 10.8. The molecule has 1 aliphatic carbocycles. The number of ether oxygens (including phenoxy) is 3. The molecule has 2 saturated heterocycles. The molecule has 0 bridgehead atoms. The van der Waals surface area contributed by atoms with E-state index in [-0.39, 0.29) is 24.2 Å². The minimum Gasteiger partial charge on any atom is -0.494 e. The number of nitrogens with zero attached hydrogens (tertiary/aromatic N) is 4. The Bertz CT molecular complexity index is 1080. The van der Waals surface area contributed by atoms with Crippen LogP contribution in [0.25, 0.3) is 0 Å². The number of anilines is 1. The Morgan fingerprint density at radius 2 is 1.89 bits per heavy atom. The summed E-state index contributed by atoms with van der Waals surface area (Å²) < 4.78 is 31.4. The average Bonchev–Trinajstić information content (AvgIpc) is 3.74. The number of carbonyl (C=O) groups is 1. The monoisotopic (exact) mass is 526 g/mol. The number of rotatable bonds is 9. The molecule has 1 amide bonds. The molecule has 1 saturated carbocycles. The normalized spacial score (nSPS) is 24.1. The summed E-state index contributed by atoms with van der Waals surface area (Å²) in [5, 5.41) is 0. The van der Waals surface area contributed by atoms with E-state index in [9.17, 15) is 9.18 Å². The van der Waals surface area contributed by atoms with Crippen LogP contribution in [-0.4, -0.2) is 73.4 Å². The van der Waals surface area contributed by atoms with Crippen molar-refractivity contribution < 1.29 is 23.4 Å². The molecule has 3 unspecified atom stereocenters. The molecule has 3 heterocycles. The second kappa shape index (κ2) is 12.3. The van der Waals surface area contributed by atoms with Gasteiger partial charge in [-0.05, 0) is 68.4 Å². The number of amides is 1. The molecule has 206 valence electrons. The minimum absolute atomic E-state index is 0.0580. The van der Waals surface area contributed by atoms with E-state index in [1.165, 1.54) is 12.5 Å². The first-order valence-corrected chi connectivity index (χ1v) is 13.9. The van der Waals surface area contributed by atoms with Gasteiger partial charge in [0, 0.05) is 32.2 Å². The topological polar surface area (TPSA) is 77.0 Å². The third kappa shape index (κ3) is 6.73. The predicted octanol–water partition coefficient (Wildman–Crippen LogP) is 4.13. The molecule has 1 aromatic heterocycles. The average molecular weight is 527 g/mol. The Kier molecular flexibility index (Phi) is 8.61. The summed E-state index contributed by atoms with van der Waals surface area (Å²) in [4.78, 5) is 25.5. The highest BCUT2D eigenvalue weighted by Crippen LogP contribution is 2.49. The highest BCUT2D eigenvalue weighted by molar-refractivity contribution is 5.79. The molecule has 0 radical (unpaired) electrons. The van der Waals surface area contributed by atoms with Crippen molar-refractivity contribution in [1.82, 2.24) is 14.9 Å². The smallest absolute Gasteiger partial charge is 0.227 e. The Hall–Kier alpha value is -2.94. The summed E-state index contributed by atoms with van der Waals surface area (Å²) in [7, 11) is 1.62. The predicted molar refractivity (Wildman–Crippen MR) is 142 cm³/mol. The van der Waals surface area contributed by atoms with E-state index in [0.29, 0.717) is 49.3 Å². The van der Waals surface area contributed by atoms with Crippen molar-refractivity contribution in [1.29, 1.82) is 0 Å². The summed E-state index contributed by atoms with van der Waals surface area (Å²) in [6.07, 6.45) is 9.02. The van der Waals surface area contributed by atoms with Gasteiger partial charge in [-0.15, -0.1) is 0 Å². The van der Waals surface area contributed by atoms with E-state index in [2.05, 4.69) is 14.9 Å². The molecule has 0 N–H and O–H groups in total. The standard InChI is InChI=1S/C29H39FN4O4/c1-20-5-9-33(12-14-37-20)28(35)16-23-3-4-24(17-27(23)30)38-13-8-22-15-26(22)21-6-10-34(11-7-21)29-31-18-25(36-2)19-32-29/h3-4,17-22,26H,5-16H2,1-2H3. The van der Waals surface area contributed by atoms with Crippen molar-refractivity contribution in [2.75, 3.05) is 51.4 Å². The van der Waals surface area contributed by atoms with Gasteiger partial charge >= 0.3 is 0 Å². The molecule has 5 rings (SSSR count). The van der Waals surface area contributed by atoms with Gasteiger partial charge in [0.2, 0.25) is 11.9 Å². The zero-order valence-electron chi connectivity index (χ0n) is 22.5. The fourth-order valence-corrected chi connectivity index (χ4v) is 5.80. The van der Waals surface area contributed by atoms with Gasteiger partial charge in [0.1, 0.15) is 11.6 Å². The van der Waals surface area contributed by atoms with Crippen LogP contribution in [-0.2, 0) is 16.0 Å². The Balaban J connectivity index is 1.01. The molecule has 3 fully saturated rings. The van der Waals surface area contributed by atoms with Gasteiger partial charge in [-0.2, -0.15) is 0 Å². The quantitative estimate of drug-likeness (QED) is 0.486. The lowest BCUT2D eigenvalue weighted by molar-refractivity contribution is -0.130. The second-order valence-electron chi connectivity index (χ2n) is 10.8. The molecule has 0 spiro atoms. The van der Waals surface area contributed by atoms with Gasteiger partial charge in [-0.1, -0.05) is 6.07 Å². The van der Waals surface area contributed by atoms with Crippen molar-refractivity contribution in [2.45, 2.75) is 51.6 Å². The maximum absolute atomic E-state index is 14.7.